The average Bonchev–Trinajstić information content (AvgIpc) is 3.20. The van der Waals surface area contributed by atoms with Gasteiger partial charge in [0.1, 0.15) is 12.0 Å². The molecule has 7 nitrogen and oxygen atoms in total. The van der Waals surface area contributed by atoms with Crippen LogP contribution in [0.25, 0.3) is 11.0 Å². The first-order valence-corrected chi connectivity index (χ1v) is 11.4. The van der Waals surface area contributed by atoms with Crippen LogP contribution in [-0.2, 0) is 0 Å². The quantitative estimate of drug-likeness (QED) is 0.761. The monoisotopic (exact) mass is 421 g/mol. The van der Waals surface area contributed by atoms with Crippen LogP contribution >= 0.6 is 0 Å². The highest BCUT2D eigenvalue weighted by atomic mass is 16.3. The minimum absolute atomic E-state index is 0.106. The van der Waals surface area contributed by atoms with Gasteiger partial charge in [-0.1, -0.05) is 11.8 Å². The molecule has 164 valence electrons. The number of fused-ring (bicyclic) bond motifs is 4. The van der Waals surface area contributed by atoms with E-state index in [2.05, 4.69) is 50.8 Å². The van der Waals surface area contributed by atoms with Crippen molar-refractivity contribution < 1.29 is 9.21 Å². The lowest BCUT2D eigenvalue weighted by Gasteiger charge is -2.49. The number of nitrogens with zero attached hydrogens (tertiary/aromatic N) is 4. The van der Waals surface area contributed by atoms with Gasteiger partial charge >= 0.3 is 0 Å². The van der Waals surface area contributed by atoms with Crippen molar-refractivity contribution in [1.29, 1.82) is 0 Å². The van der Waals surface area contributed by atoms with Crippen molar-refractivity contribution in [3.8, 4) is 11.8 Å². The average molecular weight is 422 g/mol. The van der Waals surface area contributed by atoms with Crippen molar-refractivity contribution >= 4 is 16.9 Å². The number of amides is 1. The Hall–Kier alpha value is -2.40. The summed E-state index contributed by atoms with van der Waals surface area (Å²) in [6.45, 7) is 9.51. The molecule has 0 aliphatic carbocycles. The van der Waals surface area contributed by atoms with Gasteiger partial charge in [0.15, 0.2) is 5.58 Å². The normalized spacial score (nSPS) is 29.0. The predicted octanol–water partition coefficient (Wildman–Crippen LogP) is 1.64. The number of carbonyl (C=O) groups is 1. The Balaban J connectivity index is 1.29. The minimum atomic E-state index is -0.106. The predicted molar refractivity (Wildman–Crippen MR) is 120 cm³/mol. The zero-order chi connectivity index (χ0) is 21.4. The number of likely N-dealkylation sites (N-methyl/N-ethyl adjacent to an activating group) is 1. The van der Waals surface area contributed by atoms with E-state index in [9.17, 15) is 4.79 Å². The van der Waals surface area contributed by atoms with E-state index in [0.29, 0.717) is 23.2 Å². The summed E-state index contributed by atoms with van der Waals surface area (Å²) in [5, 5.41) is 4.12. The summed E-state index contributed by atoms with van der Waals surface area (Å²) in [7, 11) is 2.15. The Morgan fingerprint density at radius 2 is 2.00 bits per heavy atom. The molecule has 4 aliphatic heterocycles. The Kier molecular flexibility index (Phi) is 5.70. The number of carbonyl (C=O) groups excluding carboxylic acids is 1. The second-order valence-corrected chi connectivity index (χ2v) is 9.21. The molecule has 4 saturated heterocycles. The molecule has 4 aliphatic rings. The summed E-state index contributed by atoms with van der Waals surface area (Å²) in [6.07, 6.45) is 5.63. The fourth-order valence-electron chi connectivity index (χ4n) is 5.18. The first kappa shape index (κ1) is 20.5. The molecule has 2 aromatic heterocycles. The highest BCUT2D eigenvalue weighted by Gasteiger charge is 2.40. The lowest BCUT2D eigenvalue weighted by molar-refractivity contribution is 0.0216. The zero-order valence-corrected chi connectivity index (χ0v) is 18.4. The first-order chi connectivity index (χ1) is 15.1. The number of nitrogens with one attached hydrogen (secondary N) is 1. The lowest BCUT2D eigenvalue weighted by Crippen LogP contribution is -2.62. The largest absolute Gasteiger partial charge is 0.461 e. The van der Waals surface area contributed by atoms with Crippen LogP contribution in [0.15, 0.2) is 22.9 Å². The summed E-state index contributed by atoms with van der Waals surface area (Å²) in [4.78, 5) is 24.5. The maximum Gasteiger partial charge on any atom is 0.270 e. The molecule has 4 fully saturated rings. The van der Waals surface area contributed by atoms with E-state index < -0.39 is 0 Å². The zero-order valence-electron chi connectivity index (χ0n) is 18.4. The molecular weight excluding hydrogens is 390 g/mol. The third-order valence-corrected chi connectivity index (χ3v) is 7.29. The van der Waals surface area contributed by atoms with Crippen molar-refractivity contribution in [2.45, 2.75) is 31.8 Å². The smallest absolute Gasteiger partial charge is 0.270 e. The van der Waals surface area contributed by atoms with Crippen molar-refractivity contribution in [3.63, 3.8) is 0 Å². The van der Waals surface area contributed by atoms with Crippen molar-refractivity contribution in [2.24, 2.45) is 5.92 Å². The molecule has 7 heteroatoms. The van der Waals surface area contributed by atoms with Gasteiger partial charge in [-0.3, -0.25) is 14.6 Å². The minimum Gasteiger partial charge on any atom is -0.461 e. The summed E-state index contributed by atoms with van der Waals surface area (Å²) < 4.78 is 5.62. The van der Waals surface area contributed by atoms with Gasteiger partial charge in [-0.2, -0.15) is 0 Å². The van der Waals surface area contributed by atoms with E-state index in [0.717, 1.165) is 69.6 Å². The molecule has 1 N–H and O–H groups in total. The third kappa shape index (κ3) is 4.20. The second-order valence-electron chi connectivity index (χ2n) is 9.21. The van der Waals surface area contributed by atoms with E-state index in [4.69, 9.17) is 4.42 Å². The molecule has 6 heterocycles. The number of aromatic nitrogens is 1. The molecule has 2 atom stereocenters. The SMILES string of the molecule is C[C@H]1[C@H](NC(=O)c2cc3c(C#CCN4CCN(C)CC4)coc3cn2)C2CCN1CC2. The van der Waals surface area contributed by atoms with Gasteiger partial charge in [-0.05, 0) is 51.9 Å². The number of furan rings is 1. The van der Waals surface area contributed by atoms with E-state index in [1.165, 1.54) is 0 Å². The van der Waals surface area contributed by atoms with Crippen LogP contribution in [0.2, 0.25) is 0 Å². The van der Waals surface area contributed by atoms with E-state index in [1.807, 2.05) is 6.07 Å². The van der Waals surface area contributed by atoms with Crippen LogP contribution < -0.4 is 5.32 Å². The number of hydrogen-bond donors (Lipinski definition) is 1. The number of hydrogen-bond acceptors (Lipinski definition) is 6. The Bertz CT molecular complexity index is 1000. The Morgan fingerprint density at radius 3 is 2.74 bits per heavy atom. The third-order valence-electron chi connectivity index (χ3n) is 7.29. The molecule has 2 bridgehead atoms. The van der Waals surface area contributed by atoms with Gasteiger partial charge in [0, 0.05) is 43.6 Å². The molecule has 31 heavy (non-hydrogen) atoms. The van der Waals surface area contributed by atoms with Crippen molar-refractivity contribution in [1.82, 2.24) is 25.0 Å². The van der Waals surface area contributed by atoms with E-state index >= 15 is 0 Å². The number of piperidine rings is 3. The molecule has 2 aromatic rings. The van der Waals surface area contributed by atoms with Crippen molar-refractivity contribution in [3.05, 3.63) is 29.8 Å². The van der Waals surface area contributed by atoms with Gasteiger partial charge in [-0.25, -0.2) is 4.98 Å². The van der Waals surface area contributed by atoms with Crippen LogP contribution in [0.1, 0.15) is 35.8 Å². The highest BCUT2D eigenvalue weighted by Crippen LogP contribution is 2.32. The maximum absolute atomic E-state index is 13.0. The summed E-state index contributed by atoms with van der Waals surface area (Å²) in [6, 6.07) is 2.39. The standard InChI is InChI=1S/C24H31N5O2/c1-17-23(18-5-8-29(17)9-6-18)26-24(30)21-14-20-19(16-31-22(20)15-25-21)4-3-7-28-12-10-27(2)11-13-28/h14-18,23H,5-13H2,1-2H3,(H,26,30)/t17-,23-/m0/s1. The fourth-order valence-corrected chi connectivity index (χ4v) is 5.18. The first-order valence-electron chi connectivity index (χ1n) is 11.4. The van der Waals surface area contributed by atoms with Crippen LogP contribution in [0, 0.1) is 17.8 Å². The Morgan fingerprint density at radius 1 is 1.23 bits per heavy atom. The molecule has 1 amide bonds. The van der Waals surface area contributed by atoms with Gasteiger partial charge in [0.05, 0.1) is 18.3 Å². The summed E-state index contributed by atoms with van der Waals surface area (Å²) >= 11 is 0. The van der Waals surface area contributed by atoms with Gasteiger partial charge < -0.3 is 14.6 Å². The second kappa shape index (κ2) is 8.62. The van der Waals surface area contributed by atoms with Crippen LogP contribution in [0.5, 0.6) is 0 Å². The van der Waals surface area contributed by atoms with Gasteiger partial charge in [0.25, 0.3) is 5.91 Å². The number of piperazine rings is 1. The van der Waals surface area contributed by atoms with Crippen molar-refractivity contribution in [2.75, 3.05) is 52.9 Å². The molecule has 0 radical (unpaired) electrons. The van der Waals surface area contributed by atoms with E-state index in [1.54, 1.807) is 12.5 Å². The highest BCUT2D eigenvalue weighted by molar-refractivity contribution is 5.97. The fraction of sp³-hybridized carbons (Fsp3) is 0.583. The molecular formula is C24H31N5O2. The molecule has 0 spiro atoms. The van der Waals surface area contributed by atoms with Gasteiger partial charge in [0.2, 0.25) is 0 Å². The molecule has 0 saturated carbocycles. The number of pyridine rings is 1. The topological polar surface area (TPSA) is 64.9 Å². The molecule has 6 rings (SSSR count). The van der Waals surface area contributed by atoms with Crippen LogP contribution in [-0.4, -0.2) is 90.5 Å². The van der Waals surface area contributed by atoms with Crippen LogP contribution in [0.3, 0.4) is 0 Å². The maximum atomic E-state index is 13.0. The molecule has 0 aromatic carbocycles. The molecule has 0 unspecified atom stereocenters. The van der Waals surface area contributed by atoms with Gasteiger partial charge in [-0.15, -0.1) is 0 Å². The Labute approximate surface area is 183 Å². The lowest BCUT2D eigenvalue weighted by atomic mass is 9.79. The summed E-state index contributed by atoms with van der Waals surface area (Å²) in [5.41, 5.74) is 1.91. The number of rotatable bonds is 3. The van der Waals surface area contributed by atoms with Crippen LogP contribution in [0.4, 0.5) is 0 Å². The summed E-state index contributed by atoms with van der Waals surface area (Å²) in [5.74, 6) is 6.97. The van der Waals surface area contributed by atoms with E-state index in [-0.39, 0.29) is 11.9 Å².